The average molecular weight is 236 g/mol. The SMILES string of the molecule is CNCC(c1ccc(F)cc1)C1CCNCC1. The lowest BCUT2D eigenvalue weighted by atomic mass is 9.80. The van der Waals surface area contributed by atoms with Gasteiger partial charge in [-0.25, -0.2) is 4.39 Å². The Morgan fingerprint density at radius 1 is 1.29 bits per heavy atom. The van der Waals surface area contributed by atoms with Crippen LogP contribution in [0.25, 0.3) is 0 Å². The lowest BCUT2D eigenvalue weighted by molar-refractivity contribution is 0.313. The summed E-state index contributed by atoms with van der Waals surface area (Å²) in [6.45, 7) is 3.18. The van der Waals surface area contributed by atoms with Crippen molar-refractivity contribution in [2.75, 3.05) is 26.7 Å². The summed E-state index contributed by atoms with van der Waals surface area (Å²) >= 11 is 0. The van der Waals surface area contributed by atoms with Crippen LogP contribution in [0.4, 0.5) is 4.39 Å². The van der Waals surface area contributed by atoms with Crippen LogP contribution in [0, 0.1) is 11.7 Å². The van der Waals surface area contributed by atoms with E-state index >= 15 is 0 Å². The van der Waals surface area contributed by atoms with Gasteiger partial charge in [0.1, 0.15) is 5.82 Å². The van der Waals surface area contributed by atoms with E-state index in [0.29, 0.717) is 11.8 Å². The molecule has 1 atom stereocenters. The van der Waals surface area contributed by atoms with E-state index < -0.39 is 0 Å². The van der Waals surface area contributed by atoms with Crippen LogP contribution in [0.2, 0.25) is 0 Å². The summed E-state index contributed by atoms with van der Waals surface area (Å²) in [7, 11) is 1.98. The van der Waals surface area contributed by atoms with Crippen molar-refractivity contribution >= 4 is 0 Å². The van der Waals surface area contributed by atoms with Gasteiger partial charge in [-0.15, -0.1) is 0 Å². The first-order valence-electron chi connectivity index (χ1n) is 6.42. The molecule has 0 saturated carbocycles. The van der Waals surface area contributed by atoms with Gasteiger partial charge in [-0.3, -0.25) is 0 Å². The van der Waals surface area contributed by atoms with Crippen molar-refractivity contribution in [3.63, 3.8) is 0 Å². The van der Waals surface area contributed by atoms with E-state index in [1.807, 2.05) is 19.2 Å². The number of halogens is 1. The van der Waals surface area contributed by atoms with Crippen molar-refractivity contribution < 1.29 is 4.39 Å². The van der Waals surface area contributed by atoms with Crippen molar-refractivity contribution in [3.8, 4) is 0 Å². The molecule has 0 aliphatic carbocycles. The van der Waals surface area contributed by atoms with E-state index in [0.717, 1.165) is 19.6 Å². The van der Waals surface area contributed by atoms with Crippen molar-refractivity contribution in [2.45, 2.75) is 18.8 Å². The molecular weight excluding hydrogens is 215 g/mol. The first kappa shape index (κ1) is 12.5. The molecule has 1 unspecified atom stereocenters. The van der Waals surface area contributed by atoms with Gasteiger partial charge in [0.05, 0.1) is 0 Å². The normalized spacial score (nSPS) is 19.2. The van der Waals surface area contributed by atoms with Gasteiger partial charge in [-0.1, -0.05) is 12.1 Å². The molecule has 3 heteroatoms. The van der Waals surface area contributed by atoms with Gasteiger partial charge in [0.15, 0.2) is 0 Å². The summed E-state index contributed by atoms with van der Waals surface area (Å²) in [6.07, 6.45) is 2.42. The van der Waals surface area contributed by atoms with E-state index in [2.05, 4.69) is 10.6 Å². The Hall–Kier alpha value is -0.930. The molecule has 1 aromatic rings. The van der Waals surface area contributed by atoms with Crippen LogP contribution in [-0.4, -0.2) is 26.7 Å². The summed E-state index contributed by atoms with van der Waals surface area (Å²) < 4.78 is 13.0. The van der Waals surface area contributed by atoms with Crippen molar-refractivity contribution in [2.24, 2.45) is 5.92 Å². The van der Waals surface area contributed by atoms with Crippen LogP contribution in [0.3, 0.4) is 0 Å². The Morgan fingerprint density at radius 3 is 2.53 bits per heavy atom. The second kappa shape index (κ2) is 6.12. The fraction of sp³-hybridized carbons (Fsp3) is 0.571. The largest absolute Gasteiger partial charge is 0.319 e. The zero-order chi connectivity index (χ0) is 12.1. The molecule has 17 heavy (non-hydrogen) atoms. The molecule has 0 radical (unpaired) electrons. The highest BCUT2D eigenvalue weighted by Gasteiger charge is 2.24. The molecular formula is C14H21FN2. The average Bonchev–Trinajstić information content (AvgIpc) is 2.38. The topological polar surface area (TPSA) is 24.1 Å². The Balaban J connectivity index is 2.12. The second-order valence-corrected chi connectivity index (χ2v) is 4.80. The van der Waals surface area contributed by atoms with Crippen molar-refractivity contribution in [1.29, 1.82) is 0 Å². The van der Waals surface area contributed by atoms with Crippen molar-refractivity contribution in [3.05, 3.63) is 35.6 Å². The molecule has 94 valence electrons. The third-order valence-corrected chi connectivity index (χ3v) is 3.68. The second-order valence-electron chi connectivity index (χ2n) is 4.80. The number of nitrogens with one attached hydrogen (secondary N) is 2. The van der Waals surface area contributed by atoms with Crippen molar-refractivity contribution in [1.82, 2.24) is 10.6 Å². The zero-order valence-corrected chi connectivity index (χ0v) is 10.4. The molecule has 0 bridgehead atoms. The Bertz CT molecular complexity index is 331. The molecule has 2 nitrogen and oxygen atoms in total. The summed E-state index contributed by atoms with van der Waals surface area (Å²) in [4.78, 5) is 0. The van der Waals surface area contributed by atoms with E-state index in [-0.39, 0.29) is 5.82 Å². The lowest BCUT2D eigenvalue weighted by Gasteiger charge is -2.31. The summed E-state index contributed by atoms with van der Waals surface area (Å²) in [6, 6.07) is 7.00. The van der Waals surface area contributed by atoms with Gasteiger partial charge in [0.25, 0.3) is 0 Å². The third-order valence-electron chi connectivity index (χ3n) is 3.68. The van der Waals surface area contributed by atoms with Gasteiger partial charge < -0.3 is 10.6 Å². The number of hydrogen-bond donors (Lipinski definition) is 2. The van der Waals surface area contributed by atoms with Crippen LogP contribution in [0.5, 0.6) is 0 Å². The molecule has 1 heterocycles. The molecule has 1 fully saturated rings. The maximum absolute atomic E-state index is 13.0. The van der Waals surface area contributed by atoms with E-state index in [1.54, 1.807) is 12.1 Å². The number of hydrogen-bond acceptors (Lipinski definition) is 2. The molecule has 0 spiro atoms. The molecule has 0 aromatic heterocycles. The summed E-state index contributed by atoms with van der Waals surface area (Å²) in [5.41, 5.74) is 1.26. The van der Waals surface area contributed by atoms with Gasteiger partial charge in [-0.05, 0) is 62.5 Å². The summed E-state index contributed by atoms with van der Waals surface area (Å²) in [5.74, 6) is 1.05. The quantitative estimate of drug-likeness (QED) is 0.837. The maximum Gasteiger partial charge on any atom is 0.123 e. The highest BCUT2D eigenvalue weighted by molar-refractivity contribution is 5.22. The number of piperidine rings is 1. The smallest absolute Gasteiger partial charge is 0.123 e. The maximum atomic E-state index is 13.0. The highest BCUT2D eigenvalue weighted by atomic mass is 19.1. The summed E-state index contributed by atoms with van der Waals surface area (Å²) in [5, 5.41) is 6.66. The minimum atomic E-state index is -0.151. The zero-order valence-electron chi connectivity index (χ0n) is 10.4. The highest BCUT2D eigenvalue weighted by Crippen LogP contribution is 2.30. The molecule has 0 amide bonds. The van der Waals surface area contributed by atoms with E-state index in [1.165, 1.54) is 18.4 Å². The Kier molecular flexibility index (Phi) is 4.51. The van der Waals surface area contributed by atoms with Gasteiger partial charge in [-0.2, -0.15) is 0 Å². The van der Waals surface area contributed by atoms with Crippen LogP contribution >= 0.6 is 0 Å². The van der Waals surface area contributed by atoms with E-state index in [9.17, 15) is 4.39 Å². The Morgan fingerprint density at radius 2 is 1.94 bits per heavy atom. The first-order valence-corrected chi connectivity index (χ1v) is 6.42. The van der Waals surface area contributed by atoms with E-state index in [4.69, 9.17) is 0 Å². The van der Waals surface area contributed by atoms with Crippen LogP contribution in [-0.2, 0) is 0 Å². The molecule has 2 rings (SSSR count). The molecule has 1 aliphatic heterocycles. The molecule has 1 aliphatic rings. The minimum Gasteiger partial charge on any atom is -0.319 e. The minimum absolute atomic E-state index is 0.151. The number of likely N-dealkylation sites (N-methyl/N-ethyl adjacent to an activating group) is 1. The van der Waals surface area contributed by atoms with Gasteiger partial charge in [0, 0.05) is 6.54 Å². The molecule has 1 saturated heterocycles. The van der Waals surface area contributed by atoms with Gasteiger partial charge >= 0.3 is 0 Å². The van der Waals surface area contributed by atoms with Crippen LogP contribution in [0.15, 0.2) is 24.3 Å². The predicted octanol–water partition coefficient (Wildman–Crippen LogP) is 2.13. The fourth-order valence-electron chi connectivity index (χ4n) is 2.73. The first-order chi connectivity index (χ1) is 8.31. The lowest BCUT2D eigenvalue weighted by Crippen LogP contribution is -2.34. The third kappa shape index (κ3) is 3.27. The molecule has 1 aromatic carbocycles. The molecule has 2 N–H and O–H groups in total. The van der Waals surface area contributed by atoms with Gasteiger partial charge in [0.2, 0.25) is 0 Å². The fourth-order valence-corrected chi connectivity index (χ4v) is 2.73. The number of benzene rings is 1. The number of rotatable bonds is 4. The Labute approximate surface area is 103 Å². The standard InChI is InChI=1S/C14H21FN2/c1-16-10-14(12-6-8-17-9-7-12)11-2-4-13(15)5-3-11/h2-5,12,14,16-17H,6-10H2,1H3. The monoisotopic (exact) mass is 236 g/mol. The predicted molar refractivity (Wildman–Crippen MR) is 68.7 cm³/mol. The van der Waals surface area contributed by atoms with Crippen LogP contribution in [0.1, 0.15) is 24.3 Å². The van der Waals surface area contributed by atoms with Crippen LogP contribution < -0.4 is 10.6 Å².